The highest BCUT2D eigenvalue weighted by Crippen LogP contribution is 2.33. The summed E-state index contributed by atoms with van der Waals surface area (Å²) in [5.74, 6) is 0.211. The first-order chi connectivity index (χ1) is 12.1. The molecule has 0 spiro atoms. The minimum absolute atomic E-state index is 0.121. The third-order valence-corrected chi connectivity index (χ3v) is 5.59. The van der Waals surface area contributed by atoms with Gasteiger partial charge in [0, 0.05) is 17.8 Å². The number of likely N-dealkylation sites (tertiary alicyclic amines) is 1. The Bertz CT molecular complexity index is 744. The van der Waals surface area contributed by atoms with Crippen molar-refractivity contribution in [1.82, 2.24) is 19.7 Å². The molecule has 2 aliphatic heterocycles. The summed E-state index contributed by atoms with van der Waals surface area (Å²) in [7, 11) is 0. The fourth-order valence-corrected chi connectivity index (χ4v) is 4.35. The summed E-state index contributed by atoms with van der Waals surface area (Å²) >= 11 is 0. The molecule has 1 saturated heterocycles. The molecule has 2 aromatic rings. The SMILES string of the molecule is CC1Cc2ccccc2N1C(=O)C(C)N1CCCC1Cn1cncn1. The number of hydrogen-bond acceptors (Lipinski definition) is 4. The minimum atomic E-state index is -0.121. The summed E-state index contributed by atoms with van der Waals surface area (Å²) in [5.41, 5.74) is 2.36. The lowest BCUT2D eigenvalue weighted by atomic mass is 10.1. The van der Waals surface area contributed by atoms with Gasteiger partial charge in [-0.3, -0.25) is 14.4 Å². The van der Waals surface area contributed by atoms with E-state index in [0.717, 1.165) is 38.0 Å². The highest BCUT2D eigenvalue weighted by atomic mass is 16.2. The number of carbonyl (C=O) groups is 1. The molecule has 0 N–H and O–H groups in total. The largest absolute Gasteiger partial charge is 0.308 e. The third-order valence-electron chi connectivity index (χ3n) is 5.59. The first-order valence-corrected chi connectivity index (χ1v) is 9.14. The maximum absolute atomic E-state index is 13.3. The molecule has 3 unspecified atom stereocenters. The number of benzene rings is 1. The van der Waals surface area contributed by atoms with Crippen LogP contribution in [0, 0.1) is 0 Å². The lowest BCUT2D eigenvalue weighted by Gasteiger charge is -2.34. The normalized spacial score (nSPS) is 24.5. The maximum atomic E-state index is 13.3. The van der Waals surface area contributed by atoms with E-state index in [9.17, 15) is 4.79 Å². The van der Waals surface area contributed by atoms with Crippen LogP contribution in [-0.4, -0.2) is 50.2 Å². The van der Waals surface area contributed by atoms with Crippen LogP contribution in [0.5, 0.6) is 0 Å². The first-order valence-electron chi connectivity index (χ1n) is 9.14. The molecule has 3 heterocycles. The third kappa shape index (κ3) is 2.95. The Morgan fingerprint density at radius 3 is 3.00 bits per heavy atom. The predicted molar refractivity (Wildman–Crippen MR) is 96.3 cm³/mol. The van der Waals surface area contributed by atoms with Crippen LogP contribution in [-0.2, 0) is 17.8 Å². The summed E-state index contributed by atoms with van der Waals surface area (Å²) in [4.78, 5) is 21.7. The summed E-state index contributed by atoms with van der Waals surface area (Å²) in [6.07, 6.45) is 6.49. The number of fused-ring (bicyclic) bond motifs is 1. The van der Waals surface area contributed by atoms with Crippen molar-refractivity contribution in [3.63, 3.8) is 0 Å². The molecular weight excluding hydrogens is 314 g/mol. The molecule has 3 atom stereocenters. The van der Waals surface area contributed by atoms with Crippen molar-refractivity contribution in [2.24, 2.45) is 0 Å². The zero-order valence-corrected chi connectivity index (χ0v) is 14.9. The molecule has 1 fully saturated rings. The number of hydrogen-bond donors (Lipinski definition) is 0. The minimum Gasteiger partial charge on any atom is -0.308 e. The highest BCUT2D eigenvalue weighted by molar-refractivity contribution is 5.99. The number of nitrogens with zero attached hydrogens (tertiary/aromatic N) is 5. The van der Waals surface area contributed by atoms with Gasteiger partial charge in [-0.05, 0) is 51.3 Å². The predicted octanol–water partition coefficient (Wildman–Crippen LogP) is 2.11. The average Bonchev–Trinajstić information content (AvgIpc) is 3.33. The Morgan fingerprint density at radius 2 is 2.20 bits per heavy atom. The molecule has 132 valence electrons. The molecule has 0 radical (unpaired) electrons. The van der Waals surface area contributed by atoms with E-state index in [0.29, 0.717) is 6.04 Å². The van der Waals surface area contributed by atoms with Crippen molar-refractivity contribution in [1.29, 1.82) is 0 Å². The molecule has 2 aliphatic rings. The van der Waals surface area contributed by atoms with Gasteiger partial charge in [0.25, 0.3) is 0 Å². The number of rotatable bonds is 4. The zero-order chi connectivity index (χ0) is 17.4. The van der Waals surface area contributed by atoms with Gasteiger partial charge in [-0.1, -0.05) is 18.2 Å². The van der Waals surface area contributed by atoms with E-state index in [1.165, 1.54) is 5.56 Å². The first kappa shape index (κ1) is 16.3. The zero-order valence-electron chi connectivity index (χ0n) is 14.9. The Morgan fingerprint density at radius 1 is 1.36 bits per heavy atom. The molecule has 0 bridgehead atoms. The summed E-state index contributed by atoms with van der Waals surface area (Å²) in [6, 6.07) is 8.72. The quantitative estimate of drug-likeness (QED) is 0.856. The fraction of sp³-hybridized carbons (Fsp3) is 0.526. The Hall–Kier alpha value is -2.21. The summed E-state index contributed by atoms with van der Waals surface area (Å²) < 4.78 is 1.87. The van der Waals surface area contributed by atoms with Crippen LogP contribution < -0.4 is 4.90 Å². The van der Waals surface area contributed by atoms with Crippen LogP contribution >= 0.6 is 0 Å². The molecule has 6 heteroatoms. The molecule has 6 nitrogen and oxygen atoms in total. The highest BCUT2D eigenvalue weighted by Gasteiger charge is 2.38. The fourth-order valence-electron chi connectivity index (χ4n) is 4.35. The lowest BCUT2D eigenvalue weighted by Crippen LogP contribution is -2.51. The molecular formula is C19H25N5O. The van der Waals surface area contributed by atoms with E-state index >= 15 is 0 Å². The Labute approximate surface area is 148 Å². The van der Waals surface area contributed by atoms with Gasteiger partial charge in [0.1, 0.15) is 12.7 Å². The number of aromatic nitrogens is 3. The van der Waals surface area contributed by atoms with Crippen molar-refractivity contribution in [3.05, 3.63) is 42.5 Å². The topological polar surface area (TPSA) is 54.3 Å². The van der Waals surface area contributed by atoms with Crippen molar-refractivity contribution in [2.75, 3.05) is 11.4 Å². The molecule has 0 saturated carbocycles. The van der Waals surface area contributed by atoms with Gasteiger partial charge in [-0.15, -0.1) is 0 Å². The molecule has 1 amide bonds. The van der Waals surface area contributed by atoms with Crippen LogP contribution in [0.25, 0.3) is 0 Å². The van der Waals surface area contributed by atoms with Gasteiger partial charge in [0.15, 0.2) is 0 Å². The van der Waals surface area contributed by atoms with Crippen LogP contribution in [0.15, 0.2) is 36.9 Å². The van der Waals surface area contributed by atoms with Crippen LogP contribution in [0.2, 0.25) is 0 Å². The Kier molecular flexibility index (Phi) is 4.29. The second-order valence-corrected chi connectivity index (χ2v) is 7.22. The van der Waals surface area contributed by atoms with Gasteiger partial charge in [0.05, 0.1) is 12.6 Å². The van der Waals surface area contributed by atoms with E-state index in [-0.39, 0.29) is 18.0 Å². The van der Waals surface area contributed by atoms with E-state index in [1.54, 1.807) is 12.7 Å². The van der Waals surface area contributed by atoms with Crippen LogP contribution in [0.4, 0.5) is 5.69 Å². The van der Waals surface area contributed by atoms with Gasteiger partial charge < -0.3 is 4.90 Å². The lowest BCUT2D eigenvalue weighted by molar-refractivity contribution is -0.124. The van der Waals surface area contributed by atoms with Crippen molar-refractivity contribution >= 4 is 11.6 Å². The van der Waals surface area contributed by atoms with Crippen molar-refractivity contribution in [2.45, 2.75) is 57.8 Å². The molecule has 0 aliphatic carbocycles. The molecule has 4 rings (SSSR count). The van der Waals surface area contributed by atoms with Gasteiger partial charge in [-0.2, -0.15) is 5.10 Å². The molecule has 1 aromatic carbocycles. The summed E-state index contributed by atoms with van der Waals surface area (Å²) in [6.45, 7) is 5.96. The number of amides is 1. The van der Waals surface area contributed by atoms with E-state index < -0.39 is 0 Å². The van der Waals surface area contributed by atoms with E-state index in [2.05, 4.69) is 47.0 Å². The number of carbonyl (C=O) groups excluding carboxylic acids is 1. The van der Waals surface area contributed by atoms with Crippen molar-refractivity contribution < 1.29 is 4.79 Å². The smallest absolute Gasteiger partial charge is 0.244 e. The van der Waals surface area contributed by atoms with E-state index in [1.807, 2.05) is 15.6 Å². The Balaban J connectivity index is 1.52. The van der Waals surface area contributed by atoms with Crippen LogP contribution in [0.3, 0.4) is 0 Å². The van der Waals surface area contributed by atoms with E-state index in [4.69, 9.17) is 0 Å². The van der Waals surface area contributed by atoms with Crippen molar-refractivity contribution in [3.8, 4) is 0 Å². The van der Waals surface area contributed by atoms with Gasteiger partial charge >= 0.3 is 0 Å². The monoisotopic (exact) mass is 339 g/mol. The van der Waals surface area contributed by atoms with Crippen LogP contribution in [0.1, 0.15) is 32.3 Å². The second kappa shape index (κ2) is 6.59. The summed E-state index contributed by atoms with van der Waals surface area (Å²) in [5, 5.41) is 4.22. The number of para-hydroxylation sites is 1. The number of anilines is 1. The average molecular weight is 339 g/mol. The van der Waals surface area contributed by atoms with Gasteiger partial charge in [0.2, 0.25) is 5.91 Å². The molecule has 1 aromatic heterocycles. The second-order valence-electron chi connectivity index (χ2n) is 7.22. The van der Waals surface area contributed by atoms with Gasteiger partial charge in [-0.25, -0.2) is 4.98 Å². The molecule has 25 heavy (non-hydrogen) atoms. The maximum Gasteiger partial charge on any atom is 0.244 e. The standard InChI is InChI=1S/C19H25N5O/c1-14-10-16-6-3-4-8-18(16)24(14)19(25)15(2)23-9-5-7-17(23)11-22-13-20-12-21-22/h3-4,6,8,12-15,17H,5,7,9-11H2,1-2H3.